The standard InChI is InChI=1S/C24H21N5O5S2/c30-20(12-15-21(31)28-23(33)26-15)25-8-4-9-29(22(32)19-7-3-10-35-19)24-27-16(13-36-24)18-11-14-5-1-2-6-17(14)34-18/h1-3,5-7,10-11,13,31H,4,8-9,12H2,(H,25,30)(H2,26,28,33). The molecule has 0 bridgehead atoms. The first-order valence-corrected chi connectivity index (χ1v) is 12.8. The van der Waals surface area contributed by atoms with E-state index in [1.54, 1.807) is 11.0 Å². The molecule has 0 atom stereocenters. The van der Waals surface area contributed by atoms with Crippen molar-refractivity contribution in [3.05, 3.63) is 74.3 Å². The average Bonchev–Trinajstić information content (AvgIpc) is 3.66. The number of aromatic amines is 2. The van der Waals surface area contributed by atoms with E-state index in [9.17, 15) is 19.5 Å². The third kappa shape index (κ3) is 5.09. The Hall–Kier alpha value is -4.16. The zero-order valence-electron chi connectivity index (χ0n) is 18.8. The van der Waals surface area contributed by atoms with Gasteiger partial charge < -0.3 is 19.8 Å². The number of aromatic hydroxyl groups is 1. The molecular formula is C24H21N5O5S2. The number of nitrogens with zero attached hydrogens (tertiary/aromatic N) is 2. The van der Waals surface area contributed by atoms with Gasteiger partial charge >= 0.3 is 5.69 Å². The Morgan fingerprint density at radius 3 is 2.75 bits per heavy atom. The molecule has 0 spiro atoms. The molecule has 1 aromatic carbocycles. The maximum Gasteiger partial charge on any atom is 0.325 e. The molecule has 0 aliphatic heterocycles. The Morgan fingerprint density at radius 1 is 1.14 bits per heavy atom. The molecule has 2 amide bonds. The number of anilines is 1. The number of aromatic nitrogens is 3. The summed E-state index contributed by atoms with van der Waals surface area (Å²) in [4.78, 5) is 48.0. The van der Waals surface area contributed by atoms with Crippen molar-refractivity contribution in [1.29, 1.82) is 0 Å². The van der Waals surface area contributed by atoms with Crippen molar-refractivity contribution in [1.82, 2.24) is 20.3 Å². The van der Waals surface area contributed by atoms with Crippen LogP contribution in [0.15, 0.2) is 62.4 Å². The van der Waals surface area contributed by atoms with E-state index in [0.29, 0.717) is 41.0 Å². The quantitative estimate of drug-likeness (QED) is 0.217. The van der Waals surface area contributed by atoms with Crippen LogP contribution >= 0.6 is 22.7 Å². The number of nitrogens with one attached hydrogen (secondary N) is 3. The molecule has 4 aromatic heterocycles. The SMILES string of the molecule is O=C(Cc1[nH]c(=O)[nH]c1O)NCCCN(C(=O)c1cccs1)c1nc(-c2cc3ccccc3o2)cs1. The van der Waals surface area contributed by atoms with Crippen molar-refractivity contribution in [2.45, 2.75) is 12.8 Å². The highest BCUT2D eigenvalue weighted by molar-refractivity contribution is 7.14. The second-order valence-electron chi connectivity index (χ2n) is 7.88. The zero-order chi connectivity index (χ0) is 25.1. The minimum atomic E-state index is -0.580. The van der Waals surface area contributed by atoms with Crippen LogP contribution in [0, 0.1) is 0 Å². The van der Waals surface area contributed by atoms with E-state index in [0.717, 1.165) is 11.0 Å². The van der Waals surface area contributed by atoms with Gasteiger partial charge in [-0.25, -0.2) is 9.78 Å². The number of benzene rings is 1. The number of thiophene rings is 1. The fraction of sp³-hybridized carbons (Fsp3) is 0.167. The van der Waals surface area contributed by atoms with Gasteiger partial charge in [0.05, 0.1) is 17.0 Å². The number of carbonyl (C=O) groups is 2. The van der Waals surface area contributed by atoms with E-state index in [2.05, 4.69) is 20.3 Å². The average molecular weight is 524 g/mol. The fourth-order valence-electron chi connectivity index (χ4n) is 3.65. The zero-order valence-corrected chi connectivity index (χ0v) is 20.4. The smallest absolute Gasteiger partial charge is 0.325 e. The van der Waals surface area contributed by atoms with Gasteiger partial charge in [-0.05, 0) is 30.0 Å². The molecule has 0 aliphatic rings. The lowest BCUT2D eigenvalue weighted by Gasteiger charge is -2.19. The van der Waals surface area contributed by atoms with Gasteiger partial charge in [0.2, 0.25) is 11.8 Å². The summed E-state index contributed by atoms with van der Waals surface area (Å²) in [6, 6.07) is 13.2. The largest absolute Gasteiger partial charge is 0.493 e. The molecule has 4 N–H and O–H groups in total. The number of hydrogen-bond donors (Lipinski definition) is 4. The molecule has 4 heterocycles. The first-order valence-electron chi connectivity index (χ1n) is 11.0. The van der Waals surface area contributed by atoms with Crippen LogP contribution < -0.4 is 15.9 Å². The predicted molar refractivity (Wildman–Crippen MR) is 138 cm³/mol. The molecule has 5 aromatic rings. The number of amides is 2. The highest BCUT2D eigenvalue weighted by atomic mass is 32.1. The van der Waals surface area contributed by atoms with E-state index < -0.39 is 5.69 Å². The van der Waals surface area contributed by atoms with Crippen molar-refractivity contribution in [3.8, 4) is 17.3 Å². The maximum atomic E-state index is 13.2. The Labute approximate surface area is 212 Å². The number of hydrogen-bond acceptors (Lipinski definition) is 8. The molecular weight excluding hydrogens is 502 g/mol. The monoisotopic (exact) mass is 523 g/mol. The molecule has 36 heavy (non-hydrogen) atoms. The van der Waals surface area contributed by atoms with E-state index in [1.165, 1.54) is 22.7 Å². The number of imidazole rings is 1. The molecule has 0 aliphatic carbocycles. The minimum Gasteiger partial charge on any atom is -0.493 e. The Bertz CT molecular complexity index is 1530. The normalized spacial score (nSPS) is 11.1. The van der Waals surface area contributed by atoms with Gasteiger partial charge in [0.15, 0.2) is 10.9 Å². The van der Waals surface area contributed by atoms with Crippen LogP contribution in [0.2, 0.25) is 0 Å². The molecule has 0 saturated heterocycles. The third-order valence-corrected chi connectivity index (χ3v) is 7.10. The number of rotatable bonds is 9. The number of thiazole rings is 1. The summed E-state index contributed by atoms with van der Waals surface area (Å²) < 4.78 is 5.92. The summed E-state index contributed by atoms with van der Waals surface area (Å²) in [6.07, 6.45) is 0.299. The van der Waals surface area contributed by atoms with Crippen molar-refractivity contribution in [3.63, 3.8) is 0 Å². The summed E-state index contributed by atoms with van der Waals surface area (Å²) in [7, 11) is 0. The van der Waals surface area contributed by atoms with Crippen LogP contribution in [0.5, 0.6) is 5.88 Å². The highest BCUT2D eigenvalue weighted by Crippen LogP contribution is 2.32. The van der Waals surface area contributed by atoms with Gasteiger partial charge in [-0.2, -0.15) is 0 Å². The van der Waals surface area contributed by atoms with Gasteiger partial charge in [0, 0.05) is 23.9 Å². The van der Waals surface area contributed by atoms with Crippen LogP contribution in [-0.4, -0.2) is 45.0 Å². The topological polar surface area (TPSA) is 144 Å². The van der Waals surface area contributed by atoms with Crippen LogP contribution in [0.1, 0.15) is 21.8 Å². The van der Waals surface area contributed by atoms with Crippen LogP contribution in [0.25, 0.3) is 22.4 Å². The Morgan fingerprint density at radius 2 is 2.00 bits per heavy atom. The molecule has 184 valence electrons. The number of para-hydroxylation sites is 1. The van der Waals surface area contributed by atoms with Gasteiger partial charge in [-0.3, -0.25) is 19.5 Å². The van der Waals surface area contributed by atoms with Gasteiger partial charge in [0.25, 0.3) is 5.91 Å². The van der Waals surface area contributed by atoms with E-state index in [-0.39, 0.29) is 29.8 Å². The third-order valence-electron chi connectivity index (χ3n) is 5.38. The van der Waals surface area contributed by atoms with E-state index in [1.807, 2.05) is 47.2 Å². The first-order chi connectivity index (χ1) is 17.5. The predicted octanol–water partition coefficient (Wildman–Crippen LogP) is 3.74. The summed E-state index contributed by atoms with van der Waals surface area (Å²) in [5, 5.41) is 17.5. The molecule has 0 fully saturated rings. The molecule has 0 radical (unpaired) electrons. The van der Waals surface area contributed by atoms with Crippen molar-refractivity contribution in [2.24, 2.45) is 0 Å². The van der Waals surface area contributed by atoms with Crippen molar-refractivity contribution in [2.75, 3.05) is 18.0 Å². The van der Waals surface area contributed by atoms with Crippen molar-refractivity contribution < 1.29 is 19.1 Å². The van der Waals surface area contributed by atoms with Crippen LogP contribution in [0.3, 0.4) is 0 Å². The van der Waals surface area contributed by atoms with E-state index >= 15 is 0 Å². The Kier molecular flexibility index (Phi) is 6.69. The summed E-state index contributed by atoms with van der Waals surface area (Å²) >= 11 is 2.69. The summed E-state index contributed by atoms with van der Waals surface area (Å²) in [5.74, 6) is -0.262. The fourth-order valence-corrected chi connectivity index (χ4v) is 5.16. The lowest BCUT2D eigenvalue weighted by Crippen LogP contribution is -2.34. The Balaban J connectivity index is 1.27. The summed E-state index contributed by atoms with van der Waals surface area (Å²) in [5.41, 5.74) is 0.946. The van der Waals surface area contributed by atoms with Gasteiger partial charge in [0.1, 0.15) is 11.3 Å². The van der Waals surface area contributed by atoms with Crippen LogP contribution in [-0.2, 0) is 11.2 Å². The number of fused-ring (bicyclic) bond motifs is 1. The lowest BCUT2D eigenvalue weighted by atomic mass is 10.2. The van der Waals surface area contributed by atoms with Crippen LogP contribution in [0.4, 0.5) is 5.13 Å². The van der Waals surface area contributed by atoms with Crippen molar-refractivity contribution >= 4 is 50.6 Å². The molecule has 10 nitrogen and oxygen atoms in total. The maximum absolute atomic E-state index is 13.2. The number of H-pyrrole nitrogens is 2. The summed E-state index contributed by atoms with van der Waals surface area (Å²) in [6.45, 7) is 0.626. The highest BCUT2D eigenvalue weighted by Gasteiger charge is 2.22. The second-order valence-corrected chi connectivity index (χ2v) is 9.67. The molecule has 0 unspecified atom stereocenters. The number of carbonyl (C=O) groups excluding carboxylic acids is 2. The molecule has 12 heteroatoms. The molecule has 5 rings (SSSR count). The second kappa shape index (κ2) is 10.2. The molecule has 0 saturated carbocycles. The number of furan rings is 1. The minimum absolute atomic E-state index is 0.118. The first kappa shape index (κ1) is 23.6. The van der Waals surface area contributed by atoms with Gasteiger partial charge in [-0.15, -0.1) is 22.7 Å². The van der Waals surface area contributed by atoms with Gasteiger partial charge in [-0.1, -0.05) is 24.3 Å². The lowest BCUT2D eigenvalue weighted by molar-refractivity contribution is -0.120. The van der Waals surface area contributed by atoms with E-state index in [4.69, 9.17) is 4.42 Å².